The maximum absolute atomic E-state index is 4.00. The largest absolute Gasteiger partial charge is 0.274 e. The van der Waals surface area contributed by atoms with E-state index in [4.69, 9.17) is 0 Å². The van der Waals surface area contributed by atoms with Crippen molar-refractivity contribution >= 4 is 0 Å². The van der Waals surface area contributed by atoms with Crippen molar-refractivity contribution in [3.63, 3.8) is 0 Å². The summed E-state index contributed by atoms with van der Waals surface area (Å²) in [6.45, 7) is 0. The number of nitrogens with two attached hydrogens (primary N) is 6. The number of hydrogen-bond donors (Lipinski definition) is 6. The van der Waals surface area contributed by atoms with Crippen LogP contribution in [-0.4, -0.2) is 0 Å². The number of rotatable bonds is 0. The zero-order valence-electron chi connectivity index (χ0n) is 3.46. The molecule has 6 heteroatoms. The van der Waals surface area contributed by atoms with Crippen molar-refractivity contribution in [3.8, 4) is 0 Å². The third-order valence-electron chi connectivity index (χ3n) is 0. The van der Waals surface area contributed by atoms with Crippen molar-refractivity contribution in [3.05, 3.63) is 0 Å². The molecule has 0 amide bonds. The van der Waals surface area contributed by atoms with Gasteiger partial charge >= 0.3 is 0 Å². The highest BCUT2D eigenvalue weighted by atomic mass is 15.0. The van der Waals surface area contributed by atoms with Gasteiger partial charge in [0.15, 0.2) is 0 Å². The van der Waals surface area contributed by atoms with Crippen molar-refractivity contribution in [2.75, 3.05) is 0 Å². The molecule has 42 valence electrons. The van der Waals surface area contributed by atoms with Gasteiger partial charge in [0.25, 0.3) is 0 Å². The highest BCUT2D eigenvalue weighted by Crippen LogP contribution is -0.0150. The zero-order chi connectivity index (χ0) is 6.00. The Hall–Kier alpha value is -0.240. The molecule has 0 aliphatic heterocycles. The van der Waals surface area contributed by atoms with Crippen LogP contribution >= 0.6 is 0 Å². The molecule has 0 saturated carbocycles. The van der Waals surface area contributed by atoms with E-state index in [1.165, 1.54) is 0 Å². The summed E-state index contributed by atoms with van der Waals surface area (Å²) >= 11 is 0. The summed E-state index contributed by atoms with van der Waals surface area (Å²) in [4.78, 5) is 0. The summed E-state index contributed by atoms with van der Waals surface area (Å²) in [5.74, 6) is 24.0. The molecule has 12 N–H and O–H groups in total. The standard InChI is InChI=1S/3H4N2/c3*1-2/h3*1-2H2. The quantitative estimate of drug-likeness (QED) is 0.135. The monoisotopic (exact) mass is 96.1 g/mol. The molecule has 0 aliphatic rings. The normalized spacial score (nSPS) is 3.00. The van der Waals surface area contributed by atoms with Gasteiger partial charge in [-0.1, -0.05) is 0 Å². The van der Waals surface area contributed by atoms with Gasteiger partial charge in [-0.3, -0.25) is 35.1 Å². The lowest BCUT2D eigenvalue weighted by Crippen LogP contribution is -2.02. The molecule has 0 atom stereocenters. The summed E-state index contributed by atoms with van der Waals surface area (Å²) in [6.07, 6.45) is 0. The molecule has 0 aliphatic carbocycles. The Bertz CT molecular complexity index is 0. The van der Waals surface area contributed by atoms with E-state index in [9.17, 15) is 0 Å². The fourth-order valence-corrected chi connectivity index (χ4v) is 0. The molecular formula is H12N6. The average molecular weight is 96.1 g/mol. The van der Waals surface area contributed by atoms with Gasteiger partial charge in [0.05, 0.1) is 0 Å². The van der Waals surface area contributed by atoms with E-state index in [1.54, 1.807) is 0 Å². The van der Waals surface area contributed by atoms with Crippen molar-refractivity contribution in [1.82, 2.24) is 0 Å². The van der Waals surface area contributed by atoms with Crippen LogP contribution in [0, 0.1) is 0 Å². The van der Waals surface area contributed by atoms with Crippen LogP contribution < -0.4 is 35.1 Å². The molecule has 0 aromatic heterocycles. The van der Waals surface area contributed by atoms with Crippen LogP contribution in [0.5, 0.6) is 0 Å². The molecule has 0 bridgehead atoms. The van der Waals surface area contributed by atoms with E-state index >= 15 is 0 Å². The van der Waals surface area contributed by atoms with Crippen LogP contribution in [0.4, 0.5) is 0 Å². The Kier molecular flexibility index (Phi) is 3340. The van der Waals surface area contributed by atoms with E-state index < -0.39 is 0 Å². The lowest BCUT2D eigenvalue weighted by Gasteiger charge is -1.27. The maximum atomic E-state index is 4.00. The second-order valence-corrected chi connectivity index (χ2v) is 0. The van der Waals surface area contributed by atoms with Crippen LogP contribution in [0.3, 0.4) is 0 Å². The molecule has 0 radical (unpaired) electrons. The van der Waals surface area contributed by atoms with Crippen LogP contribution in [0.25, 0.3) is 0 Å². The van der Waals surface area contributed by atoms with Gasteiger partial charge in [-0.05, 0) is 0 Å². The van der Waals surface area contributed by atoms with Gasteiger partial charge in [0, 0.05) is 0 Å². The molecule has 0 heterocycles. The fraction of sp³-hybridized carbons (Fsp3) is 0. The van der Waals surface area contributed by atoms with Gasteiger partial charge < -0.3 is 0 Å². The first kappa shape index (κ1) is 17.1. The highest BCUT2D eigenvalue weighted by Gasteiger charge is 0.730. The number of hydrogen-bond acceptors (Lipinski definition) is 6. The lowest BCUT2D eigenvalue weighted by atomic mass is 13.0. The van der Waals surface area contributed by atoms with E-state index in [1.807, 2.05) is 0 Å². The summed E-state index contributed by atoms with van der Waals surface area (Å²) < 4.78 is 0. The molecule has 6 nitrogen and oxygen atoms in total. The Balaban J connectivity index is -0.0000000225. The predicted octanol–water partition coefficient (Wildman–Crippen LogP) is -3.54. The zero-order valence-corrected chi connectivity index (χ0v) is 3.46. The van der Waals surface area contributed by atoms with Gasteiger partial charge in [0.1, 0.15) is 0 Å². The van der Waals surface area contributed by atoms with Gasteiger partial charge in [-0.15, -0.1) is 0 Å². The van der Waals surface area contributed by atoms with Crippen molar-refractivity contribution in [1.29, 1.82) is 0 Å². The Labute approximate surface area is 36.3 Å². The summed E-state index contributed by atoms with van der Waals surface area (Å²) in [6, 6.07) is 0. The first-order valence-corrected chi connectivity index (χ1v) is 1.00. The summed E-state index contributed by atoms with van der Waals surface area (Å²) in [7, 11) is 0. The average Bonchev–Trinajstić information content (AvgIpc) is 1.81. The topological polar surface area (TPSA) is 156 Å². The minimum Gasteiger partial charge on any atom is -0.274 e. The van der Waals surface area contributed by atoms with E-state index in [0.29, 0.717) is 0 Å². The Morgan fingerprint density at radius 3 is 0.333 bits per heavy atom. The van der Waals surface area contributed by atoms with E-state index in [-0.39, 0.29) is 0 Å². The molecular weight excluding hydrogens is 84.0 g/mol. The van der Waals surface area contributed by atoms with Crippen LogP contribution in [-0.2, 0) is 0 Å². The molecule has 0 unspecified atom stereocenters. The molecule has 6 heavy (non-hydrogen) atoms. The van der Waals surface area contributed by atoms with Gasteiger partial charge in [-0.2, -0.15) is 0 Å². The second-order valence-electron chi connectivity index (χ2n) is 0. The Morgan fingerprint density at radius 2 is 0.333 bits per heavy atom. The van der Waals surface area contributed by atoms with Crippen LogP contribution in [0.15, 0.2) is 0 Å². The van der Waals surface area contributed by atoms with Crippen molar-refractivity contribution < 1.29 is 0 Å². The first-order chi connectivity index (χ1) is 3.00. The minimum atomic E-state index is 4.00. The third-order valence-corrected chi connectivity index (χ3v) is 0. The van der Waals surface area contributed by atoms with Gasteiger partial charge in [0.2, 0.25) is 0 Å². The van der Waals surface area contributed by atoms with E-state index in [2.05, 4.69) is 35.1 Å². The molecule has 0 rings (SSSR count). The fourth-order valence-electron chi connectivity index (χ4n) is 0. The maximum Gasteiger partial charge on any atom is -0.274 e. The minimum absolute atomic E-state index is 4.00. The first-order valence-electron chi connectivity index (χ1n) is 1.00. The molecule has 0 aromatic rings. The molecule has 0 saturated heterocycles. The van der Waals surface area contributed by atoms with E-state index in [0.717, 1.165) is 0 Å². The smallest absolute Gasteiger partial charge is 0.274 e. The third kappa shape index (κ3) is 497. The van der Waals surface area contributed by atoms with Crippen molar-refractivity contribution in [2.24, 2.45) is 35.1 Å². The molecule has 0 spiro atoms. The second kappa shape index (κ2) is 1170. The summed E-state index contributed by atoms with van der Waals surface area (Å²) in [5, 5.41) is 0. The predicted molar refractivity (Wildman–Crippen MR) is 25.1 cm³/mol. The van der Waals surface area contributed by atoms with Gasteiger partial charge in [-0.25, -0.2) is 0 Å². The SMILES string of the molecule is NN.NN.NN. The van der Waals surface area contributed by atoms with Crippen LogP contribution in [0.2, 0.25) is 0 Å². The van der Waals surface area contributed by atoms with Crippen LogP contribution in [0.1, 0.15) is 0 Å². The molecule has 0 fully saturated rings. The Morgan fingerprint density at radius 1 is 0.333 bits per heavy atom. The molecule has 0 aromatic carbocycles. The lowest BCUT2D eigenvalue weighted by molar-refractivity contribution is 1.26. The number of hydrazine groups is 3. The highest BCUT2D eigenvalue weighted by molar-refractivity contribution is 3.27. The summed E-state index contributed by atoms with van der Waals surface area (Å²) in [5.41, 5.74) is 0. The van der Waals surface area contributed by atoms with Crippen molar-refractivity contribution in [2.45, 2.75) is 0 Å².